The number of amides is 1. The SMILES string of the molecule is CC1=NN(c2c(Cl)cc(Cl)cc2Cl)C(=O)C1=Cc1c(O)[nH]c(=O)[nH]c1=O. The van der Waals surface area contributed by atoms with Gasteiger partial charge < -0.3 is 5.11 Å². The van der Waals surface area contributed by atoms with Crippen molar-refractivity contribution in [2.24, 2.45) is 5.10 Å². The van der Waals surface area contributed by atoms with Crippen LogP contribution in [0.5, 0.6) is 5.88 Å². The molecule has 1 aliphatic rings. The fourth-order valence-electron chi connectivity index (χ4n) is 2.34. The fourth-order valence-corrected chi connectivity index (χ4v) is 3.31. The minimum atomic E-state index is -0.876. The van der Waals surface area contributed by atoms with Crippen LogP contribution in [0.4, 0.5) is 5.69 Å². The number of hydrazone groups is 1. The molecule has 134 valence electrons. The molecule has 0 aliphatic carbocycles. The normalized spacial score (nSPS) is 15.7. The van der Waals surface area contributed by atoms with Gasteiger partial charge in [-0.3, -0.25) is 19.6 Å². The Morgan fingerprint density at radius 1 is 1.12 bits per heavy atom. The number of hydrogen-bond acceptors (Lipinski definition) is 5. The molecule has 26 heavy (non-hydrogen) atoms. The molecule has 2 aromatic rings. The van der Waals surface area contributed by atoms with Crippen LogP contribution in [0, 0.1) is 0 Å². The van der Waals surface area contributed by atoms with Crippen molar-refractivity contribution in [2.45, 2.75) is 6.92 Å². The Hall–Kier alpha value is -2.55. The highest BCUT2D eigenvalue weighted by molar-refractivity contribution is 6.44. The summed E-state index contributed by atoms with van der Waals surface area (Å²) in [6, 6.07) is 2.81. The molecule has 0 fully saturated rings. The molecule has 0 saturated carbocycles. The lowest BCUT2D eigenvalue weighted by atomic mass is 10.1. The van der Waals surface area contributed by atoms with E-state index in [1.54, 1.807) is 0 Å². The summed E-state index contributed by atoms with van der Waals surface area (Å²) >= 11 is 18.1. The smallest absolute Gasteiger partial charge is 0.328 e. The lowest BCUT2D eigenvalue weighted by Crippen LogP contribution is -2.25. The molecular formula is C15H9Cl3N4O4. The Bertz CT molecular complexity index is 1090. The van der Waals surface area contributed by atoms with Gasteiger partial charge in [0.2, 0.25) is 5.88 Å². The number of aromatic nitrogens is 2. The predicted molar refractivity (Wildman–Crippen MR) is 99.4 cm³/mol. The van der Waals surface area contributed by atoms with E-state index >= 15 is 0 Å². The molecule has 11 heteroatoms. The molecule has 2 heterocycles. The summed E-state index contributed by atoms with van der Waals surface area (Å²) < 4.78 is 0. The highest BCUT2D eigenvalue weighted by atomic mass is 35.5. The van der Waals surface area contributed by atoms with E-state index in [9.17, 15) is 19.5 Å². The topological polar surface area (TPSA) is 119 Å². The third-order valence-electron chi connectivity index (χ3n) is 3.50. The van der Waals surface area contributed by atoms with Crippen LogP contribution in [0.1, 0.15) is 12.5 Å². The Morgan fingerprint density at radius 3 is 2.31 bits per heavy atom. The van der Waals surface area contributed by atoms with Crippen LogP contribution >= 0.6 is 34.8 Å². The zero-order valence-corrected chi connectivity index (χ0v) is 15.2. The number of benzene rings is 1. The van der Waals surface area contributed by atoms with Gasteiger partial charge in [0, 0.05) is 5.02 Å². The van der Waals surface area contributed by atoms with E-state index in [0.29, 0.717) is 0 Å². The average Bonchev–Trinajstić information content (AvgIpc) is 2.77. The summed E-state index contributed by atoms with van der Waals surface area (Å²) in [4.78, 5) is 39.7. The van der Waals surface area contributed by atoms with Crippen molar-refractivity contribution in [1.82, 2.24) is 9.97 Å². The van der Waals surface area contributed by atoms with Gasteiger partial charge in [-0.25, -0.2) is 4.79 Å². The lowest BCUT2D eigenvalue weighted by molar-refractivity contribution is -0.114. The summed E-state index contributed by atoms with van der Waals surface area (Å²) in [5, 5.41) is 15.3. The van der Waals surface area contributed by atoms with Gasteiger partial charge in [-0.2, -0.15) is 10.1 Å². The van der Waals surface area contributed by atoms with Gasteiger partial charge in [0.25, 0.3) is 11.5 Å². The second-order valence-electron chi connectivity index (χ2n) is 5.25. The third-order valence-corrected chi connectivity index (χ3v) is 4.30. The summed E-state index contributed by atoms with van der Waals surface area (Å²) in [6.07, 6.45) is 1.11. The molecular weight excluding hydrogens is 407 g/mol. The number of hydrogen-bond donors (Lipinski definition) is 3. The number of nitrogens with one attached hydrogen (secondary N) is 2. The van der Waals surface area contributed by atoms with Gasteiger partial charge in [-0.1, -0.05) is 34.8 Å². The van der Waals surface area contributed by atoms with Crippen LogP contribution in [0.25, 0.3) is 6.08 Å². The van der Waals surface area contributed by atoms with E-state index in [0.717, 1.165) is 11.1 Å². The molecule has 1 aromatic carbocycles. The zero-order valence-electron chi connectivity index (χ0n) is 12.9. The Labute approximate surface area is 160 Å². The number of halogens is 3. The summed E-state index contributed by atoms with van der Waals surface area (Å²) in [5.41, 5.74) is -1.63. The maximum atomic E-state index is 12.7. The largest absolute Gasteiger partial charge is 0.494 e. The van der Waals surface area contributed by atoms with Gasteiger partial charge in [0.05, 0.1) is 21.3 Å². The van der Waals surface area contributed by atoms with E-state index in [1.807, 2.05) is 9.97 Å². The zero-order chi connectivity index (χ0) is 19.2. The number of rotatable bonds is 2. The fraction of sp³-hybridized carbons (Fsp3) is 0.0667. The first-order valence-electron chi connectivity index (χ1n) is 7.01. The first-order valence-corrected chi connectivity index (χ1v) is 8.14. The molecule has 0 atom stereocenters. The Kier molecular flexibility index (Phi) is 4.66. The lowest BCUT2D eigenvalue weighted by Gasteiger charge is -2.15. The van der Waals surface area contributed by atoms with Gasteiger partial charge in [-0.05, 0) is 25.1 Å². The maximum absolute atomic E-state index is 12.7. The average molecular weight is 416 g/mol. The van der Waals surface area contributed by atoms with Crippen molar-refractivity contribution < 1.29 is 9.90 Å². The summed E-state index contributed by atoms with van der Waals surface area (Å²) in [7, 11) is 0. The number of H-pyrrole nitrogens is 2. The van der Waals surface area contributed by atoms with Crippen molar-refractivity contribution in [2.75, 3.05) is 5.01 Å². The van der Waals surface area contributed by atoms with Crippen molar-refractivity contribution in [3.05, 3.63) is 59.2 Å². The van der Waals surface area contributed by atoms with Crippen LogP contribution in [0.15, 0.2) is 32.4 Å². The number of carbonyl (C=O) groups is 1. The summed E-state index contributed by atoms with van der Waals surface area (Å²) in [5.74, 6) is -1.30. The molecule has 0 bridgehead atoms. The highest BCUT2D eigenvalue weighted by Crippen LogP contribution is 2.39. The van der Waals surface area contributed by atoms with E-state index in [2.05, 4.69) is 5.10 Å². The molecule has 1 aromatic heterocycles. The van der Waals surface area contributed by atoms with Crippen molar-refractivity contribution in [3.8, 4) is 5.88 Å². The standard InChI is InChI=1S/C15H9Cl3N4O4/c1-5-7(4-8-12(23)19-15(26)20-13(8)24)14(25)22(21-5)11-9(17)2-6(16)3-10(11)18/h2-4H,1H3,(H3,19,20,23,24,26). The highest BCUT2D eigenvalue weighted by Gasteiger charge is 2.32. The van der Waals surface area contributed by atoms with E-state index in [-0.39, 0.29) is 37.6 Å². The second kappa shape index (κ2) is 6.64. The molecule has 1 aliphatic heterocycles. The van der Waals surface area contributed by atoms with Gasteiger partial charge in [0.15, 0.2) is 0 Å². The van der Waals surface area contributed by atoms with E-state index in [4.69, 9.17) is 34.8 Å². The maximum Gasteiger partial charge on any atom is 0.328 e. The number of aromatic amines is 2. The predicted octanol–water partition coefficient (Wildman–Crippen LogP) is 2.54. The molecule has 3 rings (SSSR count). The first kappa shape index (κ1) is 18.2. The summed E-state index contributed by atoms with van der Waals surface area (Å²) in [6.45, 7) is 1.53. The van der Waals surface area contributed by atoms with Gasteiger partial charge >= 0.3 is 5.69 Å². The molecule has 3 N–H and O–H groups in total. The minimum Gasteiger partial charge on any atom is -0.494 e. The molecule has 0 spiro atoms. The van der Waals surface area contributed by atoms with Gasteiger partial charge in [0.1, 0.15) is 11.3 Å². The van der Waals surface area contributed by atoms with Crippen LogP contribution in [0.2, 0.25) is 15.1 Å². The number of anilines is 1. The van der Waals surface area contributed by atoms with Crippen LogP contribution in [-0.4, -0.2) is 26.7 Å². The molecule has 8 nitrogen and oxygen atoms in total. The second-order valence-corrected chi connectivity index (χ2v) is 6.50. The quantitative estimate of drug-likeness (QED) is 0.653. The number of nitrogens with zero attached hydrogens (tertiary/aromatic N) is 2. The first-order chi connectivity index (χ1) is 12.2. The molecule has 1 amide bonds. The van der Waals surface area contributed by atoms with Crippen molar-refractivity contribution in [3.63, 3.8) is 0 Å². The van der Waals surface area contributed by atoms with E-state index < -0.39 is 23.0 Å². The van der Waals surface area contributed by atoms with Crippen LogP contribution in [0.3, 0.4) is 0 Å². The minimum absolute atomic E-state index is 0.0138. The number of carbonyl (C=O) groups excluding carboxylic acids is 1. The molecule has 0 radical (unpaired) electrons. The van der Waals surface area contributed by atoms with Crippen molar-refractivity contribution >= 4 is 58.2 Å². The third kappa shape index (κ3) is 3.14. The Balaban J connectivity index is 2.11. The van der Waals surface area contributed by atoms with Crippen LogP contribution in [-0.2, 0) is 4.79 Å². The number of aromatic hydroxyl groups is 1. The van der Waals surface area contributed by atoms with E-state index in [1.165, 1.54) is 19.1 Å². The molecule has 0 saturated heterocycles. The Morgan fingerprint density at radius 2 is 1.73 bits per heavy atom. The van der Waals surface area contributed by atoms with Gasteiger partial charge in [-0.15, -0.1) is 0 Å². The molecule has 0 unspecified atom stereocenters. The van der Waals surface area contributed by atoms with Crippen LogP contribution < -0.4 is 16.3 Å². The van der Waals surface area contributed by atoms with Crippen molar-refractivity contribution in [1.29, 1.82) is 0 Å². The monoisotopic (exact) mass is 414 g/mol.